The average Bonchev–Trinajstić information content (AvgIpc) is 2.42. The van der Waals surface area contributed by atoms with Gasteiger partial charge in [0.05, 0.1) is 13.2 Å². The highest BCUT2D eigenvalue weighted by Crippen LogP contribution is 2.26. The van der Waals surface area contributed by atoms with Gasteiger partial charge in [-0.1, -0.05) is 6.07 Å². The zero-order valence-electron chi connectivity index (χ0n) is 10.7. The second-order valence-electron chi connectivity index (χ2n) is 3.85. The van der Waals surface area contributed by atoms with Crippen molar-refractivity contribution in [3.8, 4) is 5.88 Å². The maximum atomic E-state index is 5.26. The van der Waals surface area contributed by atoms with Crippen LogP contribution in [-0.4, -0.2) is 29.1 Å². The van der Waals surface area contributed by atoms with Crippen molar-refractivity contribution in [1.82, 2.24) is 20.3 Å². The molecule has 0 spiro atoms. The van der Waals surface area contributed by atoms with E-state index in [0.29, 0.717) is 5.88 Å². The third kappa shape index (κ3) is 2.31. The van der Waals surface area contributed by atoms with E-state index in [1.807, 2.05) is 26.1 Å². The summed E-state index contributed by atoms with van der Waals surface area (Å²) in [5.74, 6) is 0.528. The van der Waals surface area contributed by atoms with Gasteiger partial charge in [-0.15, -0.1) is 0 Å². The van der Waals surface area contributed by atoms with Crippen LogP contribution in [-0.2, 0) is 0 Å². The van der Waals surface area contributed by atoms with Crippen LogP contribution in [0.15, 0.2) is 30.7 Å². The van der Waals surface area contributed by atoms with Gasteiger partial charge < -0.3 is 10.1 Å². The molecule has 2 aromatic rings. The summed E-state index contributed by atoms with van der Waals surface area (Å²) in [5, 5.41) is 3.23. The average molecular weight is 244 g/mol. The number of pyridine rings is 1. The second-order valence-corrected chi connectivity index (χ2v) is 3.85. The van der Waals surface area contributed by atoms with Crippen LogP contribution < -0.4 is 10.1 Å². The van der Waals surface area contributed by atoms with Crippen LogP contribution in [0, 0.1) is 6.92 Å². The van der Waals surface area contributed by atoms with E-state index in [9.17, 15) is 0 Å². The molecule has 0 bridgehead atoms. The van der Waals surface area contributed by atoms with Crippen molar-refractivity contribution in [3.63, 3.8) is 0 Å². The lowest BCUT2D eigenvalue weighted by atomic mass is 10.0. The van der Waals surface area contributed by atoms with E-state index >= 15 is 0 Å². The topological polar surface area (TPSA) is 59.9 Å². The number of aromatic nitrogens is 3. The van der Waals surface area contributed by atoms with E-state index in [2.05, 4.69) is 20.3 Å². The summed E-state index contributed by atoms with van der Waals surface area (Å²) in [4.78, 5) is 12.8. The highest BCUT2D eigenvalue weighted by Gasteiger charge is 2.20. The number of hydrogen-bond acceptors (Lipinski definition) is 5. The monoisotopic (exact) mass is 244 g/mol. The Hall–Kier alpha value is -2.01. The van der Waals surface area contributed by atoms with E-state index in [0.717, 1.165) is 17.0 Å². The normalized spacial score (nSPS) is 12.2. The predicted molar refractivity (Wildman–Crippen MR) is 68.5 cm³/mol. The van der Waals surface area contributed by atoms with Gasteiger partial charge in [0, 0.05) is 24.3 Å². The molecule has 0 aromatic carbocycles. The Morgan fingerprint density at radius 2 is 1.94 bits per heavy atom. The maximum absolute atomic E-state index is 5.26. The molecule has 0 fully saturated rings. The minimum absolute atomic E-state index is 0.0812. The molecule has 0 saturated heterocycles. The zero-order chi connectivity index (χ0) is 13.0. The van der Waals surface area contributed by atoms with Gasteiger partial charge in [-0.25, -0.2) is 4.98 Å². The van der Waals surface area contributed by atoms with E-state index in [1.54, 1.807) is 25.7 Å². The summed E-state index contributed by atoms with van der Waals surface area (Å²) in [6.07, 6.45) is 5.05. The molecule has 0 saturated carbocycles. The van der Waals surface area contributed by atoms with Crippen LogP contribution in [0.2, 0.25) is 0 Å². The van der Waals surface area contributed by atoms with Crippen LogP contribution in [0.1, 0.15) is 23.0 Å². The molecule has 0 radical (unpaired) electrons. The summed E-state index contributed by atoms with van der Waals surface area (Å²) >= 11 is 0. The van der Waals surface area contributed by atoms with E-state index in [4.69, 9.17) is 4.74 Å². The van der Waals surface area contributed by atoms with Crippen molar-refractivity contribution in [2.75, 3.05) is 14.2 Å². The molecular formula is C13H16N4O. The molecule has 2 rings (SSSR count). The van der Waals surface area contributed by atoms with Gasteiger partial charge in [0.2, 0.25) is 5.88 Å². The minimum atomic E-state index is -0.0812. The Balaban J connectivity index is 2.49. The largest absolute Gasteiger partial charge is 0.480 e. The number of ether oxygens (including phenoxy) is 1. The fraction of sp³-hybridized carbons (Fsp3) is 0.308. The number of hydrogen-bond donors (Lipinski definition) is 1. The molecule has 0 aliphatic carbocycles. The van der Waals surface area contributed by atoms with Crippen LogP contribution in [0.4, 0.5) is 0 Å². The molecule has 2 aromatic heterocycles. The van der Waals surface area contributed by atoms with Gasteiger partial charge in [0.1, 0.15) is 5.69 Å². The molecule has 1 N–H and O–H groups in total. The lowest BCUT2D eigenvalue weighted by Crippen LogP contribution is -2.21. The van der Waals surface area contributed by atoms with E-state index in [-0.39, 0.29) is 6.04 Å². The first-order chi connectivity index (χ1) is 8.77. The van der Waals surface area contributed by atoms with E-state index < -0.39 is 0 Å². The fourth-order valence-electron chi connectivity index (χ4n) is 1.93. The van der Waals surface area contributed by atoms with Crippen LogP contribution in [0.5, 0.6) is 5.88 Å². The maximum Gasteiger partial charge on any atom is 0.237 e. The molecular weight excluding hydrogens is 228 g/mol. The third-order valence-corrected chi connectivity index (χ3v) is 2.81. The van der Waals surface area contributed by atoms with Gasteiger partial charge in [0.15, 0.2) is 0 Å². The quantitative estimate of drug-likeness (QED) is 0.883. The molecule has 0 aliphatic heterocycles. The molecule has 5 nitrogen and oxygen atoms in total. The first-order valence-corrected chi connectivity index (χ1v) is 5.71. The molecule has 0 aliphatic rings. The van der Waals surface area contributed by atoms with Gasteiger partial charge in [0.25, 0.3) is 0 Å². The van der Waals surface area contributed by atoms with Crippen molar-refractivity contribution in [3.05, 3.63) is 47.7 Å². The van der Waals surface area contributed by atoms with Crippen molar-refractivity contribution >= 4 is 0 Å². The molecule has 18 heavy (non-hydrogen) atoms. The molecule has 1 atom stereocenters. The van der Waals surface area contributed by atoms with Crippen molar-refractivity contribution < 1.29 is 4.74 Å². The van der Waals surface area contributed by atoms with Crippen molar-refractivity contribution in [2.45, 2.75) is 13.0 Å². The number of rotatable bonds is 4. The van der Waals surface area contributed by atoms with Gasteiger partial charge in [-0.2, -0.15) is 0 Å². The summed E-state index contributed by atoms with van der Waals surface area (Å²) in [6, 6.07) is 3.86. The number of nitrogens with one attached hydrogen (secondary N) is 1. The highest BCUT2D eigenvalue weighted by molar-refractivity contribution is 5.34. The highest BCUT2D eigenvalue weighted by atomic mass is 16.5. The lowest BCUT2D eigenvalue weighted by molar-refractivity contribution is 0.384. The Kier molecular flexibility index (Phi) is 3.84. The summed E-state index contributed by atoms with van der Waals surface area (Å²) in [5.41, 5.74) is 2.79. The van der Waals surface area contributed by atoms with Crippen molar-refractivity contribution in [1.29, 1.82) is 0 Å². The Morgan fingerprint density at radius 3 is 2.61 bits per heavy atom. The Labute approximate surface area is 106 Å². The van der Waals surface area contributed by atoms with Crippen molar-refractivity contribution in [2.24, 2.45) is 0 Å². The molecule has 94 valence electrons. The summed E-state index contributed by atoms with van der Waals surface area (Å²) < 4.78 is 5.26. The predicted octanol–water partition coefficient (Wildman–Crippen LogP) is 1.50. The minimum Gasteiger partial charge on any atom is -0.480 e. The zero-order valence-corrected chi connectivity index (χ0v) is 10.7. The summed E-state index contributed by atoms with van der Waals surface area (Å²) in [7, 11) is 3.47. The van der Waals surface area contributed by atoms with Crippen LogP contribution in [0.3, 0.4) is 0 Å². The third-order valence-electron chi connectivity index (χ3n) is 2.81. The first-order valence-electron chi connectivity index (χ1n) is 5.71. The Morgan fingerprint density at radius 1 is 1.17 bits per heavy atom. The smallest absolute Gasteiger partial charge is 0.237 e. The fourth-order valence-corrected chi connectivity index (χ4v) is 1.93. The second kappa shape index (κ2) is 5.55. The Bertz CT molecular complexity index is 530. The standard InChI is InChI=1S/C13H16N4O/c1-9-10(5-4-6-15-9)11(14-2)12-13(18-3)17-8-7-16-12/h4-8,11,14H,1-3H3. The molecule has 1 unspecified atom stereocenters. The van der Waals surface area contributed by atoms with Crippen LogP contribution >= 0.6 is 0 Å². The van der Waals surface area contributed by atoms with Gasteiger partial charge in [-0.3, -0.25) is 9.97 Å². The molecule has 0 amide bonds. The SMILES string of the molecule is CNC(c1cccnc1C)c1nccnc1OC. The number of methoxy groups -OCH3 is 1. The van der Waals surface area contributed by atoms with Gasteiger partial charge in [-0.05, 0) is 25.6 Å². The molecule has 2 heterocycles. The van der Waals surface area contributed by atoms with Crippen LogP contribution in [0.25, 0.3) is 0 Å². The first kappa shape index (κ1) is 12.4. The van der Waals surface area contributed by atoms with Gasteiger partial charge >= 0.3 is 0 Å². The molecule has 5 heteroatoms. The summed E-state index contributed by atoms with van der Waals surface area (Å²) in [6.45, 7) is 1.97. The number of aryl methyl sites for hydroxylation is 1. The lowest BCUT2D eigenvalue weighted by Gasteiger charge is -2.18. The number of nitrogens with zero attached hydrogens (tertiary/aromatic N) is 3. The van der Waals surface area contributed by atoms with E-state index in [1.165, 1.54) is 0 Å².